The van der Waals surface area contributed by atoms with Crippen molar-refractivity contribution >= 4 is 33.5 Å². The highest BCUT2D eigenvalue weighted by Crippen LogP contribution is 2.42. The summed E-state index contributed by atoms with van der Waals surface area (Å²) in [5, 5.41) is 41.4. The number of benzene rings is 3. The van der Waals surface area contributed by atoms with Crippen LogP contribution in [-0.2, 0) is 0 Å². The first-order valence-corrected chi connectivity index (χ1v) is 7.55. The number of hydrogen-bond acceptors (Lipinski definition) is 8. The normalized spacial score (nSPS) is 11.0. The highest BCUT2D eigenvalue weighted by atomic mass is 16.6. The van der Waals surface area contributed by atoms with Gasteiger partial charge in [-0.15, -0.1) is 10.2 Å². The number of nitro groups is 2. The minimum absolute atomic E-state index is 0.323. The molecule has 0 atom stereocenters. The van der Waals surface area contributed by atoms with Crippen LogP contribution < -0.4 is 4.74 Å². The van der Waals surface area contributed by atoms with E-state index in [0.29, 0.717) is 22.9 Å². The number of hydrogen-bond donors (Lipinski definition) is 1. The van der Waals surface area contributed by atoms with Gasteiger partial charge in [0.05, 0.1) is 23.0 Å². The topological polar surface area (TPSA) is 140 Å². The van der Waals surface area contributed by atoms with Crippen LogP contribution in [0.15, 0.2) is 58.8 Å². The quantitative estimate of drug-likeness (QED) is 0.390. The molecular weight excluding hydrogens is 356 g/mol. The van der Waals surface area contributed by atoms with Crippen LogP contribution in [0.3, 0.4) is 0 Å². The molecule has 0 aromatic heterocycles. The summed E-state index contributed by atoms with van der Waals surface area (Å²) in [6, 6.07) is 12.3. The molecule has 0 amide bonds. The van der Waals surface area contributed by atoms with Gasteiger partial charge < -0.3 is 9.84 Å². The van der Waals surface area contributed by atoms with Crippen LogP contribution in [0.5, 0.6) is 11.5 Å². The molecule has 10 nitrogen and oxygen atoms in total. The Morgan fingerprint density at radius 1 is 1.00 bits per heavy atom. The number of fused-ring (bicyclic) bond motifs is 1. The van der Waals surface area contributed by atoms with E-state index >= 15 is 0 Å². The molecule has 136 valence electrons. The first-order chi connectivity index (χ1) is 12.9. The number of methoxy groups -OCH3 is 1. The van der Waals surface area contributed by atoms with Crippen molar-refractivity contribution in [1.82, 2.24) is 0 Å². The van der Waals surface area contributed by atoms with Gasteiger partial charge in [-0.1, -0.05) is 30.3 Å². The number of nitrogens with zero attached hydrogens (tertiary/aromatic N) is 4. The lowest BCUT2D eigenvalue weighted by atomic mass is 10.1. The Bertz CT molecular complexity index is 1100. The van der Waals surface area contributed by atoms with E-state index in [2.05, 4.69) is 10.2 Å². The second-order valence-corrected chi connectivity index (χ2v) is 5.38. The smallest absolute Gasteiger partial charge is 0.319 e. The number of rotatable bonds is 5. The van der Waals surface area contributed by atoms with Crippen molar-refractivity contribution in [3.05, 3.63) is 68.8 Å². The minimum atomic E-state index is -0.931. The van der Waals surface area contributed by atoms with Gasteiger partial charge in [-0.3, -0.25) is 20.2 Å². The van der Waals surface area contributed by atoms with Crippen molar-refractivity contribution < 1.29 is 19.7 Å². The summed E-state index contributed by atoms with van der Waals surface area (Å²) in [5.74, 6) is -0.426. The number of aromatic hydroxyl groups is 1. The molecule has 10 heteroatoms. The van der Waals surface area contributed by atoms with Crippen molar-refractivity contribution in [1.29, 1.82) is 0 Å². The number of phenols is 1. The van der Waals surface area contributed by atoms with Gasteiger partial charge in [0.15, 0.2) is 0 Å². The van der Waals surface area contributed by atoms with E-state index in [-0.39, 0.29) is 0 Å². The largest absolute Gasteiger partial charge is 0.501 e. The molecule has 0 fully saturated rings. The summed E-state index contributed by atoms with van der Waals surface area (Å²) in [6.45, 7) is 0. The van der Waals surface area contributed by atoms with Gasteiger partial charge in [0.2, 0.25) is 5.75 Å². The molecule has 0 aliphatic rings. The summed E-state index contributed by atoms with van der Waals surface area (Å²) >= 11 is 0. The number of phenolic OH excluding ortho intramolecular Hbond substituents is 1. The van der Waals surface area contributed by atoms with Crippen LogP contribution in [0.25, 0.3) is 10.8 Å². The average Bonchev–Trinajstić information content (AvgIpc) is 2.66. The molecule has 3 rings (SSSR count). The van der Waals surface area contributed by atoms with Gasteiger partial charge in [-0.2, -0.15) is 0 Å². The fraction of sp³-hybridized carbons (Fsp3) is 0.0588. The van der Waals surface area contributed by atoms with Crippen molar-refractivity contribution in [2.75, 3.05) is 7.11 Å². The van der Waals surface area contributed by atoms with Gasteiger partial charge in [-0.25, -0.2) is 0 Å². The lowest BCUT2D eigenvalue weighted by Gasteiger charge is -2.07. The molecule has 0 aliphatic heterocycles. The molecule has 27 heavy (non-hydrogen) atoms. The van der Waals surface area contributed by atoms with Crippen LogP contribution in [-0.4, -0.2) is 22.1 Å². The summed E-state index contributed by atoms with van der Waals surface area (Å²) < 4.78 is 5.26. The molecule has 0 saturated carbocycles. The first kappa shape index (κ1) is 17.7. The summed E-state index contributed by atoms with van der Waals surface area (Å²) in [5.41, 5.74) is -1.49. The fourth-order valence-electron chi connectivity index (χ4n) is 2.52. The summed E-state index contributed by atoms with van der Waals surface area (Å²) in [7, 11) is 1.44. The Kier molecular flexibility index (Phi) is 4.62. The summed E-state index contributed by atoms with van der Waals surface area (Å²) in [4.78, 5) is 20.3. The monoisotopic (exact) mass is 368 g/mol. The molecule has 0 aliphatic carbocycles. The maximum absolute atomic E-state index is 11.0. The predicted molar refractivity (Wildman–Crippen MR) is 96.1 cm³/mol. The maximum Gasteiger partial charge on any atom is 0.319 e. The third-order valence-electron chi connectivity index (χ3n) is 3.80. The first-order valence-electron chi connectivity index (χ1n) is 7.55. The zero-order valence-corrected chi connectivity index (χ0v) is 13.9. The number of nitro benzene ring substituents is 2. The lowest BCUT2D eigenvalue weighted by Crippen LogP contribution is -1.93. The molecule has 0 saturated heterocycles. The van der Waals surface area contributed by atoms with Gasteiger partial charge in [0.1, 0.15) is 17.1 Å². The second-order valence-electron chi connectivity index (χ2n) is 5.38. The van der Waals surface area contributed by atoms with Crippen LogP contribution in [0, 0.1) is 20.2 Å². The van der Waals surface area contributed by atoms with Gasteiger partial charge in [-0.05, 0) is 11.5 Å². The molecule has 0 heterocycles. The maximum atomic E-state index is 11.0. The molecule has 0 bridgehead atoms. The van der Waals surface area contributed by atoms with E-state index in [1.807, 2.05) is 18.2 Å². The molecule has 0 unspecified atom stereocenters. The van der Waals surface area contributed by atoms with E-state index in [1.54, 1.807) is 18.2 Å². The molecule has 0 spiro atoms. The highest BCUT2D eigenvalue weighted by molar-refractivity contribution is 5.95. The standard InChI is InChI=1S/C17H12N4O6/c1-27-15-7-6-10-4-2-3-5-12(10)16(15)19-18-13-8-11(20(23)24)9-14(17(13)22)21(25)26/h2-9,22H,1H3. The van der Waals surface area contributed by atoms with Gasteiger partial charge in [0, 0.05) is 11.5 Å². The summed E-state index contributed by atoms with van der Waals surface area (Å²) in [6.07, 6.45) is 0. The molecule has 1 N–H and O–H groups in total. The Morgan fingerprint density at radius 3 is 2.41 bits per heavy atom. The SMILES string of the molecule is COc1ccc2ccccc2c1N=Nc1cc([N+](=O)[O-])cc([N+](=O)[O-])c1O. The third-order valence-corrected chi connectivity index (χ3v) is 3.80. The van der Waals surface area contributed by atoms with E-state index in [9.17, 15) is 25.3 Å². The van der Waals surface area contributed by atoms with Crippen molar-refractivity contribution in [3.8, 4) is 11.5 Å². The van der Waals surface area contributed by atoms with Crippen molar-refractivity contribution in [3.63, 3.8) is 0 Å². The molecular formula is C17H12N4O6. The van der Waals surface area contributed by atoms with Crippen molar-refractivity contribution in [2.45, 2.75) is 0 Å². The number of azo groups is 1. The number of ether oxygens (including phenoxy) is 1. The highest BCUT2D eigenvalue weighted by Gasteiger charge is 2.24. The lowest BCUT2D eigenvalue weighted by molar-refractivity contribution is -0.394. The molecule has 3 aromatic rings. The zero-order valence-electron chi connectivity index (χ0n) is 13.9. The Hall–Kier alpha value is -4.08. The van der Waals surface area contributed by atoms with E-state index in [0.717, 1.165) is 11.5 Å². The van der Waals surface area contributed by atoms with Crippen LogP contribution in [0.4, 0.5) is 22.7 Å². The predicted octanol–water partition coefficient (Wildman–Crippen LogP) is 4.79. The Balaban J connectivity index is 2.18. The van der Waals surface area contributed by atoms with Crippen LogP contribution in [0.1, 0.15) is 0 Å². The van der Waals surface area contributed by atoms with Crippen LogP contribution >= 0.6 is 0 Å². The van der Waals surface area contributed by atoms with Crippen molar-refractivity contribution in [2.24, 2.45) is 10.2 Å². The Morgan fingerprint density at radius 2 is 1.74 bits per heavy atom. The second kappa shape index (κ2) is 7.04. The van der Waals surface area contributed by atoms with E-state index in [1.165, 1.54) is 7.11 Å². The zero-order chi connectivity index (χ0) is 19.6. The molecule has 0 radical (unpaired) electrons. The van der Waals surface area contributed by atoms with Crippen LogP contribution in [0.2, 0.25) is 0 Å². The van der Waals surface area contributed by atoms with Gasteiger partial charge >= 0.3 is 5.69 Å². The fourth-order valence-corrected chi connectivity index (χ4v) is 2.52. The number of non-ortho nitro benzene ring substituents is 1. The molecule has 3 aromatic carbocycles. The minimum Gasteiger partial charge on any atom is -0.501 e. The average molecular weight is 368 g/mol. The van der Waals surface area contributed by atoms with Gasteiger partial charge in [0.25, 0.3) is 5.69 Å². The Labute approximate surface area is 151 Å². The third kappa shape index (κ3) is 3.35. The van der Waals surface area contributed by atoms with E-state index in [4.69, 9.17) is 4.74 Å². The van der Waals surface area contributed by atoms with E-state index < -0.39 is 32.7 Å².